The Labute approximate surface area is 214 Å². The van der Waals surface area contributed by atoms with Crippen molar-refractivity contribution in [3.05, 3.63) is 71.0 Å². The van der Waals surface area contributed by atoms with Crippen LogP contribution in [0.2, 0.25) is 0 Å². The van der Waals surface area contributed by atoms with Crippen molar-refractivity contribution in [2.45, 2.75) is 50.6 Å². The van der Waals surface area contributed by atoms with Crippen LogP contribution in [-0.2, 0) is 28.1 Å². The lowest BCUT2D eigenvalue weighted by Gasteiger charge is -2.38. The average molecular weight is 497 g/mol. The molecule has 0 N–H and O–H groups in total. The van der Waals surface area contributed by atoms with E-state index in [1.165, 1.54) is 16.0 Å². The maximum atomic E-state index is 13.2. The van der Waals surface area contributed by atoms with Gasteiger partial charge in [-0.3, -0.25) is 24.3 Å². The van der Waals surface area contributed by atoms with Gasteiger partial charge in [0.2, 0.25) is 11.8 Å². The fraction of sp³-hybridized carbons (Fsp3) is 0.379. The standard InChI is InChI=1S/C29H28N4O4/c34-26-5-2-6-27(35)33(26)32-17-21-13-24-25(14-23(21)28(32)36)37-18-29(24)8-11-31(12-9-29)16-20-4-1-3-19-15-30-10-7-22(19)20/h1,3-4,7,10,13-15H,2,5-6,8-9,11-12,16-18H2. The highest BCUT2D eigenvalue weighted by Gasteiger charge is 2.46. The third-order valence-corrected chi connectivity index (χ3v) is 8.54. The first kappa shape index (κ1) is 22.4. The van der Waals surface area contributed by atoms with E-state index in [2.05, 4.69) is 40.2 Å². The minimum Gasteiger partial charge on any atom is -0.492 e. The number of hydrogen-bond acceptors (Lipinski definition) is 6. The van der Waals surface area contributed by atoms with E-state index in [1.807, 2.05) is 18.5 Å². The molecule has 0 atom stereocenters. The highest BCUT2D eigenvalue weighted by atomic mass is 16.5. The number of nitrogens with zero attached hydrogens (tertiary/aromatic N) is 4. The van der Waals surface area contributed by atoms with E-state index in [1.54, 1.807) is 0 Å². The molecule has 2 fully saturated rings. The van der Waals surface area contributed by atoms with Crippen molar-refractivity contribution in [3.63, 3.8) is 0 Å². The molecule has 3 aromatic rings. The van der Waals surface area contributed by atoms with Gasteiger partial charge >= 0.3 is 0 Å². The number of piperidine rings is 2. The summed E-state index contributed by atoms with van der Waals surface area (Å²) in [6, 6.07) is 12.4. The molecule has 4 aliphatic heterocycles. The van der Waals surface area contributed by atoms with Gasteiger partial charge in [-0.15, -0.1) is 0 Å². The number of carbonyl (C=O) groups is 3. The quantitative estimate of drug-likeness (QED) is 0.516. The Morgan fingerprint density at radius 3 is 2.62 bits per heavy atom. The normalized spacial score (nSPS) is 21.0. The molecular formula is C29H28N4O4. The molecular weight excluding hydrogens is 468 g/mol. The van der Waals surface area contributed by atoms with Crippen molar-refractivity contribution in [3.8, 4) is 5.75 Å². The largest absolute Gasteiger partial charge is 0.492 e. The number of hydrazine groups is 1. The van der Waals surface area contributed by atoms with Gasteiger partial charge in [0.1, 0.15) is 5.75 Å². The maximum Gasteiger partial charge on any atom is 0.273 e. The van der Waals surface area contributed by atoms with Gasteiger partial charge in [-0.2, -0.15) is 5.01 Å². The van der Waals surface area contributed by atoms with Crippen LogP contribution in [0.3, 0.4) is 0 Å². The first-order valence-corrected chi connectivity index (χ1v) is 13.0. The molecule has 37 heavy (non-hydrogen) atoms. The van der Waals surface area contributed by atoms with Gasteiger partial charge in [0, 0.05) is 48.1 Å². The second kappa shape index (κ2) is 8.38. The Morgan fingerprint density at radius 2 is 1.81 bits per heavy atom. The van der Waals surface area contributed by atoms with Crippen LogP contribution < -0.4 is 4.74 Å². The molecule has 1 aromatic heterocycles. The van der Waals surface area contributed by atoms with E-state index in [0.29, 0.717) is 31.4 Å². The summed E-state index contributed by atoms with van der Waals surface area (Å²) in [4.78, 5) is 44.8. The number of ether oxygens (including phenoxy) is 1. The van der Waals surface area contributed by atoms with E-state index in [-0.39, 0.29) is 29.7 Å². The minimum absolute atomic E-state index is 0.0726. The average Bonchev–Trinajstić information content (AvgIpc) is 3.41. The van der Waals surface area contributed by atoms with Crippen LogP contribution in [0.25, 0.3) is 10.8 Å². The van der Waals surface area contributed by atoms with E-state index >= 15 is 0 Å². The van der Waals surface area contributed by atoms with Crippen molar-refractivity contribution in [2.75, 3.05) is 19.7 Å². The molecule has 8 nitrogen and oxygen atoms in total. The fourth-order valence-electron chi connectivity index (χ4n) is 6.45. The molecule has 0 aliphatic carbocycles. The third-order valence-electron chi connectivity index (χ3n) is 8.54. The number of likely N-dealkylation sites (tertiary alicyclic amines) is 1. The first-order chi connectivity index (χ1) is 18.0. The fourth-order valence-corrected chi connectivity index (χ4v) is 6.45. The smallest absolute Gasteiger partial charge is 0.273 e. The zero-order chi connectivity index (χ0) is 25.1. The zero-order valence-corrected chi connectivity index (χ0v) is 20.6. The van der Waals surface area contributed by atoms with E-state index in [9.17, 15) is 14.4 Å². The molecule has 2 aromatic carbocycles. The second-order valence-electron chi connectivity index (χ2n) is 10.7. The lowest BCUT2D eigenvalue weighted by atomic mass is 9.73. The lowest BCUT2D eigenvalue weighted by molar-refractivity contribution is -0.163. The van der Waals surface area contributed by atoms with Crippen LogP contribution in [0.15, 0.2) is 48.8 Å². The van der Waals surface area contributed by atoms with Crippen LogP contribution in [-0.4, -0.2) is 57.3 Å². The van der Waals surface area contributed by atoms with Crippen molar-refractivity contribution >= 4 is 28.5 Å². The van der Waals surface area contributed by atoms with Crippen LogP contribution in [0.1, 0.15) is 59.2 Å². The van der Waals surface area contributed by atoms with E-state index in [0.717, 1.165) is 59.7 Å². The summed E-state index contributed by atoms with van der Waals surface area (Å²) < 4.78 is 6.16. The molecule has 0 bridgehead atoms. The van der Waals surface area contributed by atoms with Crippen LogP contribution in [0, 0.1) is 0 Å². The third kappa shape index (κ3) is 3.54. The Hall–Kier alpha value is -3.78. The SMILES string of the molecule is O=C1c2cc3c(cc2CN1N1C(=O)CCCC1=O)C1(CCN(Cc2cccc4cnccc24)CC1)CO3. The van der Waals surface area contributed by atoms with Crippen LogP contribution in [0.5, 0.6) is 5.75 Å². The number of aromatic nitrogens is 1. The highest BCUT2D eigenvalue weighted by Crippen LogP contribution is 2.48. The topological polar surface area (TPSA) is 83.1 Å². The molecule has 5 heterocycles. The predicted molar refractivity (Wildman–Crippen MR) is 135 cm³/mol. The summed E-state index contributed by atoms with van der Waals surface area (Å²) in [5.41, 5.74) is 3.80. The van der Waals surface area contributed by atoms with Gasteiger partial charge in [0.15, 0.2) is 0 Å². The lowest BCUT2D eigenvalue weighted by Crippen LogP contribution is -2.52. The Balaban J connectivity index is 1.10. The Morgan fingerprint density at radius 1 is 1.00 bits per heavy atom. The van der Waals surface area contributed by atoms with Gasteiger partial charge < -0.3 is 4.74 Å². The van der Waals surface area contributed by atoms with Crippen LogP contribution in [0.4, 0.5) is 0 Å². The summed E-state index contributed by atoms with van der Waals surface area (Å²) in [7, 11) is 0. The second-order valence-corrected chi connectivity index (χ2v) is 10.7. The summed E-state index contributed by atoms with van der Waals surface area (Å²) in [6.07, 6.45) is 6.85. The van der Waals surface area contributed by atoms with Crippen molar-refractivity contribution in [1.82, 2.24) is 19.9 Å². The molecule has 8 heteroatoms. The van der Waals surface area contributed by atoms with Crippen molar-refractivity contribution < 1.29 is 19.1 Å². The van der Waals surface area contributed by atoms with Gasteiger partial charge in [0.25, 0.3) is 5.91 Å². The highest BCUT2D eigenvalue weighted by molar-refractivity contribution is 6.04. The number of carbonyl (C=O) groups excluding carboxylic acids is 3. The number of benzene rings is 2. The number of fused-ring (bicyclic) bond motifs is 4. The molecule has 1 spiro atoms. The monoisotopic (exact) mass is 496 g/mol. The summed E-state index contributed by atoms with van der Waals surface area (Å²) in [6.45, 7) is 3.69. The Kier molecular flexibility index (Phi) is 5.08. The number of hydrogen-bond donors (Lipinski definition) is 0. The number of rotatable bonds is 3. The maximum absolute atomic E-state index is 13.2. The first-order valence-electron chi connectivity index (χ1n) is 13.0. The van der Waals surface area contributed by atoms with Gasteiger partial charge in [0.05, 0.1) is 18.7 Å². The molecule has 188 valence electrons. The summed E-state index contributed by atoms with van der Waals surface area (Å²) in [5.74, 6) is -0.133. The molecule has 3 amide bonds. The molecule has 4 aliphatic rings. The molecule has 0 unspecified atom stereocenters. The molecule has 7 rings (SSSR count). The van der Waals surface area contributed by atoms with Crippen molar-refractivity contribution in [2.24, 2.45) is 0 Å². The zero-order valence-electron chi connectivity index (χ0n) is 20.6. The minimum atomic E-state index is -0.300. The Bertz CT molecular complexity index is 1440. The predicted octanol–water partition coefficient (Wildman–Crippen LogP) is 3.57. The molecule has 0 saturated carbocycles. The van der Waals surface area contributed by atoms with Gasteiger partial charge in [-0.05, 0) is 67.1 Å². The van der Waals surface area contributed by atoms with Gasteiger partial charge in [-0.25, -0.2) is 5.01 Å². The summed E-state index contributed by atoms with van der Waals surface area (Å²) in [5, 5.41) is 4.80. The van der Waals surface area contributed by atoms with E-state index < -0.39 is 0 Å². The number of amides is 3. The van der Waals surface area contributed by atoms with Crippen molar-refractivity contribution in [1.29, 1.82) is 0 Å². The number of imide groups is 1. The molecule has 2 saturated heterocycles. The summed E-state index contributed by atoms with van der Waals surface area (Å²) >= 11 is 0. The molecule has 0 radical (unpaired) electrons. The number of pyridine rings is 1. The van der Waals surface area contributed by atoms with Gasteiger partial charge in [-0.1, -0.05) is 18.2 Å². The van der Waals surface area contributed by atoms with Crippen LogP contribution >= 0.6 is 0 Å². The van der Waals surface area contributed by atoms with E-state index in [4.69, 9.17) is 4.74 Å².